The first-order chi connectivity index (χ1) is 10.5. The minimum Gasteiger partial charge on any atom is -0.321 e. The van der Waals surface area contributed by atoms with E-state index in [-0.39, 0.29) is 0 Å². The molecule has 2 aromatic rings. The van der Waals surface area contributed by atoms with Crippen LogP contribution in [-0.2, 0) is 13.0 Å². The van der Waals surface area contributed by atoms with E-state index in [2.05, 4.69) is 43.7 Å². The summed E-state index contributed by atoms with van der Waals surface area (Å²) < 4.78 is 2.34. The first-order valence-corrected chi connectivity index (χ1v) is 8.59. The molecule has 0 bridgehead atoms. The van der Waals surface area contributed by atoms with Crippen LogP contribution in [0.15, 0.2) is 34.6 Å². The molecule has 0 saturated carbocycles. The SMILES string of the molecule is CC(C)Cc1csc(=Nc2ccc(C#N)cc2)n1CC(C)C. The summed E-state index contributed by atoms with van der Waals surface area (Å²) in [6, 6.07) is 9.57. The maximum absolute atomic E-state index is 8.87. The van der Waals surface area contributed by atoms with Gasteiger partial charge in [-0.2, -0.15) is 5.26 Å². The normalized spacial score (nSPS) is 12.1. The smallest absolute Gasteiger partial charge is 0.190 e. The Balaban J connectivity index is 2.42. The molecule has 3 nitrogen and oxygen atoms in total. The van der Waals surface area contributed by atoms with Gasteiger partial charge in [0.15, 0.2) is 4.80 Å². The molecule has 0 aliphatic heterocycles. The van der Waals surface area contributed by atoms with Gasteiger partial charge in [0, 0.05) is 17.6 Å². The van der Waals surface area contributed by atoms with Crippen LogP contribution in [0.1, 0.15) is 39.0 Å². The molecule has 116 valence electrons. The van der Waals surface area contributed by atoms with Crippen LogP contribution in [0.25, 0.3) is 0 Å². The van der Waals surface area contributed by atoms with Crippen LogP contribution < -0.4 is 4.80 Å². The Morgan fingerprint density at radius 2 is 1.82 bits per heavy atom. The van der Waals surface area contributed by atoms with Gasteiger partial charge in [-0.1, -0.05) is 27.7 Å². The summed E-state index contributed by atoms with van der Waals surface area (Å²) in [6.45, 7) is 9.94. The highest BCUT2D eigenvalue weighted by Gasteiger charge is 2.09. The molecule has 0 radical (unpaired) electrons. The van der Waals surface area contributed by atoms with Crippen molar-refractivity contribution < 1.29 is 0 Å². The second-order valence-electron chi connectivity index (χ2n) is 6.38. The summed E-state index contributed by atoms with van der Waals surface area (Å²) in [5.74, 6) is 1.22. The van der Waals surface area contributed by atoms with E-state index in [4.69, 9.17) is 10.3 Å². The first-order valence-electron chi connectivity index (χ1n) is 7.71. The molecule has 2 rings (SSSR count). The standard InChI is InChI=1S/C18H23N3S/c1-13(2)9-17-12-22-18(21(17)11-14(3)4)20-16-7-5-15(10-19)6-8-16/h5-8,12-14H,9,11H2,1-4H3. The van der Waals surface area contributed by atoms with Crippen molar-refractivity contribution in [3.63, 3.8) is 0 Å². The summed E-state index contributed by atoms with van der Waals surface area (Å²) in [6.07, 6.45) is 1.08. The van der Waals surface area contributed by atoms with Crippen molar-refractivity contribution in [1.82, 2.24) is 4.57 Å². The molecule has 1 aromatic carbocycles. The van der Waals surface area contributed by atoms with Crippen molar-refractivity contribution in [2.45, 2.75) is 40.7 Å². The minimum atomic E-state index is 0.584. The number of thiazole rings is 1. The third-order valence-electron chi connectivity index (χ3n) is 3.26. The number of hydrogen-bond donors (Lipinski definition) is 0. The van der Waals surface area contributed by atoms with Crippen LogP contribution in [0.3, 0.4) is 0 Å². The molecule has 0 aliphatic rings. The molecule has 0 unspecified atom stereocenters. The highest BCUT2D eigenvalue weighted by atomic mass is 32.1. The molecule has 1 heterocycles. The van der Waals surface area contributed by atoms with Crippen molar-refractivity contribution in [1.29, 1.82) is 5.26 Å². The fourth-order valence-electron chi connectivity index (χ4n) is 2.32. The second-order valence-corrected chi connectivity index (χ2v) is 7.22. The fraction of sp³-hybridized carbons (Fsp3) is 0.444. The molecule has 0 saturated heterocycles. The van der Waals surface area contributed by atoms with Gasteiger partial charge in [0.2, 0.25) is 0 Å². The quantitative estimate of drug-likeness (QED) is 0.800. The lowest BCUT2D eigenvalue weighted by atomic mass is 10.1. The Morgan fingerprint density at radius 3 is 2.36 bits per heavy atom. The Hall–Kier alpha value is -1.86. The summed E-state index contributed by atoms with van der Waals surface area (Å²) >= 11 is 1.70. The van der Waals surface area contributed by atoms with Crippen LogP contribution in [0.4, 0.5) is 5.69 Å². The van der Waals surface area contributed by atoms with E-state index >= 15 is 0 Å². The summed E-state index contributed by atoms with van der Waals surface area (Å²) in [7, 11) is 0. The molecule has 1 aromatic heterocycles. The van der Waals surface area contributed by atoms with Gasteiger partial charge in [-0.05, 0) is 42.5 Å². The van der Waals surface area contributed by atoms with E-state index in [1.807, 2.05) is 24.3 Å². The van der Waals surface area contributed by atoms with Crippen molar-refractivity contribution in [3.05, 3.63) is 45.7 Å². The van der Waals surface area contributed by atoms with Gasteiger partial charge >= 0.3 is 0 Å². The Labute approximate surface area is 136 Å². The molecule has 22 heavy (non-hydrogen) atoms. The molecular formula is C18H23N3S. The minimum absolute atomic E-state index is 0.584. The summed E-state index contributed by atoms with van der Waals surface area (Å²) in [5, 5.41) is 11.1. The monoisotopic (exact) mass is 313 g/mol. The average Bonchev–Trinajstić information content (AvgIpc) is 2.81. The van der Waals surface area contributed by atoms with Crippen molar-refractivity contribution in [2.24, 2.45) is 16.8 Å². The maximum Gasteiger partial charge on any atom is 0.190 e. The highest BCUT2D eigenvalue weighted by molar-refractivity contribution is 7.07. The number of aromatic nitrogens is 1. The third-order valence-corrected chi connectivity index (χ3v) is 4.18. The number of benzene rings is 1. The zero-order valence-electron chi connectivity index (χ0n) is 13.7. The van der Waals surface area contributed by atoms with Gasteiger partial charge in [-0.25, -0.2) is 4.99 Å². The third kappa shape index (κ3) is 4.32. The fourth-order valence-corrected chi connectivity index (χ4v) is 3.26. The average molecular weight is 313 g/mol. The number of nitriles is 1. The van der Waals surface area contributed by atoms with E-state index in [9.17, 15) is 0 Å². The molecular weight excluding hydrogens is 290 g/mol. The predicted octanol–water partition coefficient (Wildman–Crippen LogP) is 4.51. The summed E-state index contributed by atoms with van der Waals surface area (Å²) in [4.78, 5) is 5.81. The lowest BCUT2D eigenvalue weighted by Gasteiger charge is -2.12. The number of nitrogens with zero attached hydrogens (tertiary/aromatic N) is 3. The zero-order chi connectivity index (χ0) is 16.1. The molecule has 0 fully saturated rings. The maximum atomic E-state index is 8.87. The van der Waals surface area contributed by atoms with E-state index < -0.39 is 0 Å². The van der Waals surface area contributed by atoms with Crippen molar-refractivity contribution >= 4 is 17.0 Å². The van der Waals surface area contributed by atoms with Gasteiger partial charge in [-0.15, -0.1) is 11.3 Å². The topological polar surface area (TPSA) is 41.1 Å². The molecule has 0 atom stereocenters. The van der Waals surface area contributed by atoms with Crippen LogP contribution in [0.2, 0.25) is 0 Å². The Kier molecular flexibility index (Phi) is 5.57. The largest absolute Gasteiger partial charge is 0.321 e. The van der Waals surface area contributed by atoms with E-state index in [0.29, 0.717) is 17.4 Å². The lowest BCUT2D eigenvalue weighted by Crippen LogP contribution is -2.21. The van der Waals surface area contributed by atoms with E-state index in [0.717, 1.165) is 23.5 Å². The molecule has 0 amide bonds. The first kappa shape index (κ1) is 16.5. The second kappa shape index (κ2) is 7.42. The van der Waals surface area contributed by atoms with Crippen LogP contribution in [-0.4, -0.2) is 4.57 Å². The Morgan fingerprint density at radius 1 is 1.14 bits per heavy atom. The van der Waals surface area contributed by atoms with Gasteiger partial charge < -0.3 is 4.57 Å². The Bertz CT molecular complexity index is 712. The van der Waals surface area contributed by atoms with Gasteiger partial charge in [0.05, 0.1) is 17.3 Å². The molecule has 4 heteroatoms. The van der Waals surface area contributed by atoms with E-state index in [1.165, 1.54) is 5.69 Å². The number of hydrogen-bond acceptors (Lipinski definition) is 3. The van der Waals surface area contributed by atoms with Crippen LogP contribution >= 0.6 is 11.3 Å². The lowest BCUT2D eigenvalue weighted by molar-refractivity contribution is 0.486. The summed E-state index contributed by atoms with van der Waals surface area (Å²) in [5.41, 5.74) is 2.93. The molecule has 0 aliphatic carbocycles. The zero-order valence-corrected chi connectivity index (χ0v) is 14.5. The van der Waals surface area contributed by atoms with Gasteiger partial charge in [-0.3, -0.25) is 0 Å². The van der Waals surface area contributed by atoms with Crippen molar-refractivity contribution in [3.8, 4) is 6.07 Å². The predicted molar refractivity (Wildman–Crippen MR) is 92.1 cm³/mol. The molecule has 0 spiro atoms. The highest BCUT2D eigenvalue weighted by Crippen LogP contribution is 2.15. The van der Waals surface area contributed by atoms with Crippen LogP contribution in [0, 0.1) is 23.2 Å². The van der Waals surface area contributed by atoms with Crippen molar-refractivity contribution in [2.75, 3.05) is 0 Å². The molecule has 0 N–H and O–H groups in total. The van der Waals surface area contributed by atoms with Crippen LogP contribution in [0.5, 0.6) is 0 Å². The van der Waals surface area contributed by atoms with Gasteiger partial charge in [0.1, 0.15) is 0 Å². The number of rotatable bonds is 5. The van der Waals surface area contributed by atoms with E-state index in [1.54, 1.807) is 11.3 Å². The van der Waals surface area contributed by atoms with Gasteiger partial charge in [0.25, 0.3) is 0 Å².